The van der Waals surface area contributed by atoms with Crippen LogP contribution in [0.15, 0.2) is 15.9 Å². The Morgan fingerprint density at radius 1 is 1.62 bits per heavy atom. The van der Waals surface area contributed by atoms with Gasteiger partial charge in [0.1, 0.15) is 0 Å². The van der Waals surface area contributed by atoms with Crippen molar-refractivity contribution in [1.82, 2.24) is 5.32 Å². The number of nitrogens with one attached hydrogen (secondary N) is 1. The van der Waals surface area contributed by atoms with Crippen molar-refractivity contribution in [2.75, 3.05) is 0 Å². The van der Waals surface area contributed by atoms with Gasteiger partial charge in [0.25, 0.3) is 0 Å². The molecule has 0 spiro atoms. The fraction of sp³-hybridized carbons (Fsp3) is 0.556. The summed E-state index contributed by atoms with van der Waals surface area (Å²) in [6, 6.07) is 2.73. The molecule has 0 bridgehead atoms. The van der Waals surface area contributed by atoms with Crippen molar-refractivity contribution in [3.8, 4) is 0 Å². The molecular formula is C9H11BrClNS. The normalized spacial score (nSPS) is 27.2. The van der Waals surface area contributed by atoms with Crippen LogP contribution in [0.25, 0.3) is 0 Å². The zero-order valence-corrected chi connectivity index (χ0v) is 10.3. The molecule has 1 N–H and O–H groups in total. The van der Waals surface area contributed by atoms with Crippen LogP contribution in [0.4, 0.5) is 0 Å². The summed E-state index contributed by atoms with van der Waals surface area (Å²) in [5, 5.41) is 6.00. The third-order valence-corrected chi connectivity index (χ3v) is 4.61. The maximum atomic E-state index is 5.89. The van der Waals surface area contributed by atoms with E-state index < -0.39 is 0 Å². The lowest BCUT2D eigenvalue weighted by molar-refractivity contribution is 0.346. The first-order valence-corrected chi connectivity index (χ1v) is 6.46. The molecule has 13 heavy (non-hydrogen) atoms. The van der Waals surface area contributed by atoms with Crippen LogP contribution in [0.2, 0.25) is 0 Å². The highest BCUT2D eigenvalue weighted by Gasteiger charge is 2.26. The van der Waals surface area contributed by atoms with Gasteiger partial charge in [0.2, 0.25) is 0 Å². The Morgan fingerprint density at radius 2 is 2.38 bits per heavy atom. The third-order valence-electron chi connectivity index (χ3n) is 2.32. The van der Waals surface area contributed by atoms with E-state index in [0.29, 0.717) is 11.4 Å². The van der Waals surface area contributed by atoms with E-state index in [9.17, 15) is 0 Å². The van der Waals surface area contributed by atoms with E-state index in [1.165, 1.54) is 9.35 Å². The van der Waals surface area contributed by atoms with E-state index in [0.717, 1.165) is 19.4 Å². The van der Waals surface area contributed by atoms with E-state index in [4.69, 9.17) is 11.6 Å². The van der Waals surface area contributed by atoms with Crippen molar-refractivity contribution in [3.63, 3.8) is 0 Å². The van der Waals surface area contributed by atoms with Crippen LogP contribution >= 0.6 is 38.9 Å². The fourth-order valence-corrected chi connectivity index (χ4v) is 3.28. The van der Waals surface area contributed by atoms with Crippen molar-refractivity contribution < 1.29 is 0 Å². The van der Waals surface area contributed by atoms with Crippen molar-refractivity contribution in [3.05, 3.63) is 20.8 Å². The zero-order chi connectivity index (χ0) is 9.26. The minimum Gasteiger partial charge on any atom is -0.309 e. The molecule has 0 aliphatic heterocycles. The van der Waals surface area contributed by atoms with Crippen LogP contribution in [-0.4, -0.2) is 11.4 Å². The summed E-state index contributed by atoms with van der Waals surface area (Å²) in [5.41, 5.74) is 0. The number of thiophene rings is 1. The molecule has 1 aliphatic carbocycles. The highest BCUT2D eigenvalue weighted by molar-refractivity contribution is 9.10. The highest BCUT2D eigenvalue weighted by Crippen LogP contribution is 2.27. The van der Waals surface area contributed by atoms with Gasteiger partial charge < -0.3 is 5.32 Å². The van der Waals surface area contributed by atoms with E-state index >= 15 is 0 Å². The summed E-state index contributed by atoms with van der Waals surface area (Å²) in [6.07, 6.45) is 2.23. The monoisotopic (exact) mass is 279 g/mol. The average molecular weight is 281 g/mol. The molecule has 4 heteroatoms. The van der Waals surface area contributed by atoms with Gasteiger partial charge in [0.05, 0.1) is 0 Å². The van der Waals surface area contributed by atoms with Gasteiger partial charge in [-0.3, -0.25) is 0 Å². The predicted octanol–water partition coefficient (Wildman–Crippen LogP) is 3.37. The molecule has 1 aliphatic rings. The Bertz CT molecular complexity index is 283. The van der Waals surface area contributed by atoms with Gasteiger partial charge in [-0.05, 0) is 40.2 Å². The molecule has 1 aromatic heterocycles. The number of halogens is 2. The Morgan fingerprint density at radius 3 is 2.92 bits per heavy atom. The Hall–Kier alpha value is 0.430. The van der Waals surface area contributed by atoms with Crippen LogP contribution in [0.1, 0.15) is 17.7 Å². The molecule has 2 rings (SSSR count). The molecule has 0 saturated heterocycles. The first kappa shape index (κ1) is 9.97. The summed E-state index contributed by atoms with van der Waals surface area (Å²) in [5.74, 6) is 0. The number of hydrogen-bond acceptors (Lipinski definition) is 2. The van der Waals surface area contributed by atoms with Gasteiger partial charge in [0, 0.05) is 27.3 Å². The molecule has 1 heterocycles. The topological polar surface area (TPSA) is 12.0 Å². The second kappa shape index (κ2) is 4.30. The first-order valence-electron chi connectivity index (χ1n) is 4.35. The molecule has 1 saturated carbocycles. The van der Waals surface area contributed by atoms with Gasteiger partial charge >= 0.3 is 0 Å². The van der Waals surface area contributed by atoms with Crippen LogP contribution in [0.5, 0.6) is 0 Å². The lowest BCUT2D eigenvalue weighted by atomic mass is 9.92. The van der Waals surface area contributed by atoms with Crippen molar-refractivity contribution in [2.45, 2.75) is 30.8 Å². The molecule has 0 amide bonds. The molecule has 72 valence electrons. The SMILES string of the molecule is ClC1CC(NCc2sccc2Br)C1. The standard InChI is InChI=1S/C9H11BrClNS/c10-8-1-2-13-9(8)5-12-7-3-6(11)4-7/h1-2,6-7,12H,3-5H2. The van der Waals surface area contributed by atoms with Crippen molar-refractivity contribution in [1.29, 1.82) is 0 Å². The number of hydrogen-bond donors (Lipinski definition) is 1. The van der Waals surface area contributed by atoms with Gasteiger partial charge in [0.15, 0.2) is 0 Å². The van der Waals surface area contributed by atoms with Crippen LogP contribution < -0.4 is 5.32 Å². The molecule has 0 atom stereocenters. The van der Waals surface area contributed by atoms with E-state index in [-0.39, 0.29) is 0 Å². The molecule has 0 radical (unpaired) electrons. The number of alkyl halides is 1. The van der Waals surface area contributed by atoms with E-state index in [1.54, 1.807) is 11.3 Å². The fourth-order valence-electron chi connectivity index (χ4n) is 1.40. The predicted molar refractivity (Wildman–Crippen MR) is 61.5 cm³/mol. The maximum Gasteiger partial charge on any atom is 0.0365 e. The maximum absolute atomic E-state index is 5.89. The van der Waals surface area contributed by atoms with Gasteiger partial charge in [-0.25, -0.2) is 0 Å². The lowest BCUT2D eigenvalue weighted by Crippen LogP contribution is -2.41. The molecule has 1 nitrogen and oxygen atoms in total. The molecule has 1 aromatic rings. The Kier molecular flexibility index (Phi) is 3.30. The minimum absolute atomic E-state index is 0.407. The Balaban J connectivity index is 1.77. The van der Waals surface area contributed by atoms with Crippen LogP contribution in [0.3, 0.4) is 0 Å². The third kappa shape index (κ3) is 2.46. The average Bonchev–Trinajstić information content (AvgIpc) is 2.43. The first-order chi connectivity index (χ1) is 6.25. The van der Waals surface area contributed by atoms with E-state index in [2.05, 4.69) is 32.7 Å². The van der Waals surface area contributed by atoms with E-state index in [1.807, 2.05) is 0 Å². The summed E-state index contributed by atoms with van der Waals surface area (Å²) < 4.78 is 1.21. The van der Waals surface area contributed by atoms with Crippen LogP contribution in [-0.2, 0) is 6.54 Å². The quantitative estimate of drug-likeness (QED) is 0.837. The zero-order valence-electron chi connectivity index (χ0n) is 7.09. The minimum atomic E-state index is 0.407. The number of rotatable bonds is 3. The van der Waals surface area contributed by atoms with Gasteiger partial charge in [-0.15, -0.1) is 22.9 Å². The summed E-state index contributed by atoms with van der Waals surface area (Å²) in [6.45, 7) is 0.965. The van der Waals surface area contributed by atoms with Gasteiger partial charge in [-0.2, -0.15) is 0 Å². The molecule has 0 aromatic carbocycles. The highest BCUT2D eigenvalue weighted by atomic mass is 79.9. The smallest absolute Gasteiger partial charge is 0.0365 e. The molecule has 1 fully saturated rings. The van der Waals surface area contributed by atoms with Gasteiger partial charge in [-0.1, -0.05) is 0 Å². The van der Waals surface area contributed by atoms with Crippen molar-refractivity contribution in [2.24, 2.45) is 0 Å². The lowest BCUT2D eigenvalue weighted by Gasteiger charge is -2.31. The summed E-state index contributed by atoms with van der Waals surface area (Å²) in [4.78, 5) is 1.37. The van der Waals surface area contributed by atoms with Crippen LogP contribution in [0, 0.1) is 0 Å². The molecular weight excluding hydrogens is 270 g/mol. The van der Waals surface area contributed by atoms with Crippen molar-refractivity contribution >= 4 is 38.9 Å². The Labute approximate surface area is 95.6 Å². The summed E-state index contributed by atoms with van der Waals surface area (Å²) in [7, 11) is 0. The second-order valence-electron chi connectivity index (χ2n) is 3.34. The summed E-state index contributed by atoms with van der Waals surface area (Å²) >= 11 is 11.2. The molecule has 0 unspecified atom stereocenters. The second-order valence-corrected chi connectivity index (χ2v) is 5.81. The largest absolute Gasteiger partial charge is 0.309 e.